The third kappa shape index (κ3) is 8.01. The van der Waals surface area contributed by atoms with Crippen molar-refractivity contribution in [2.24, 2.45) is 4.99 Å². The van der Waals surface area contributed by atoms with E-state index in [1.165, 1.54) is 6.26 Å². The fourth-order valence-corrected chi connectivity index (χ4v) is 8.25. The maximum Gasteiger partial charge on any atom is 0.326 e. The first kappa shape index (κ1) is 38.1. The Morgan fingerprint density at radius 1 is 0.980 bits per heavy atom. The molecule has 2 amide bonds. The van der Waals surface area contributed by atoms with E-state index in [2.05, 4.69) is 51.7 Å². The molecule has 2 aliphatic heterocycles. The van der Waals surface area contributed by atoms with E-state index in [1.54, 1.807) is 0 Å². The number of sulfone groups is 1. The Morgan fingerprint density at radius 3 is 2.14 bits per heavy atom. The van der Waals surface area contributed by atoms with Crippen LogP contribution in [0.25, 0.3) is 0 Å². The molecule has 8 nitrogen and oxygen atoms in total. The number of benzene rings is 3. The van der Waals surface area contributed by atoms with E-state index in [4.69, 9.17) is 32.9 Å². The van der Waals surface area contributed by atoms with Crippen LogP contribution >= 0.6 is 23.2 Å². The van der Waals surface area contributed by atoms with E-state index >= 15 is 4.79 Å². The average molecular weight is 742 g/mol. The molecule has 0 aromatic heterocycles. The number of hydrogen-bond acceptors (Lipinski definition) is 6. The summed E-state index contributed by atoms with van der Waals surface area (Å²) in [5.41, 5.74) is 2.78. The van der Waals surface area contributed by atoms with Crippen LogP contribution in [0.2, 0.25) is 10.0 Å². The van der Waals surface area contributed by atoms with Crippen LogP contribution < -0.4 is 4.74 Å². The van der Waals surface area contributed by atoms with Crippen molar-refractivity contribution < 1.29 is 17.9 Å². The molecule has 1 fully saturated rings. The smallest absolute Gasteiger partial charge is 0.326 e. The molecule has 1 saturated heterocycles. The Morgan fingerprint density at radius 2 is 1.58 bits per heavy atom. The normalized spacial score (nSPS) is 20.9. The molecule has 3 atom stereocenters. The highest BCUT2D eigenvalue weighted by atomic mass is 35.5. The maximum absolute atomic E-state index is 15.3. The summed E-state index contributed by atoms with van der Waals surface area (Å²) in [4.78, 5) is 26.7. The van der Waals surface area contributed by atoms with E-state index in [-0.39, 0.29) is 29.2 Å². The summed E-state index contributed by atoms with van der Waals surface area (Å²) < 4.78 is 29.8. The van der Waals surface area contributed by atoms with Crippen LogP contribution in [-0.2, 0) is 20.8 Å². The van der Waals surface area contributed by atoms with Gasteiger partial charge in [0.15, 0.2) is 0 Å². The van der Waals surface area contributed by atoms with Gasteiger partial charge in [0.05, 0.1) is 24.0 Å². The summed E-state index contributed by atoms with van der Waals surface area (Å²) in [6.07, 6.45) is 1.83. The molecule has 5 rings (SSSR count). The maximum atomic E-state index is 15.3. The van der Waals surface area contributed by atoms with E-state index < -0.39 is 15.4 Å². The highest BCUT2D eigenvalue weighted by molar-refractivity contribution is 7.90. The number of hydrogen-bond donors (Lipinski definition) is 0. The minimum atomic E-state index is -3.03. The quantitative estimate of drug-likeness (QED) is 0.210. The summed E-state index contributed by atoms with van der Waals surface area (Å²) >= 11 is 12.8. The van der Waals surface area contributed by atoms with Gasteiger partial charge >= 0.3 is 6.03 Å². The lowest BCUT2D eigenvalue weighted by molar-refractivity contribution is 0.0896. The molecule has 3 aromatic carbocycles. The number of carbonyl (C=O) groups excluding carboxylic acids is 1. The van der Waals surface area contributed by atoms with Gasteiger partial charge in [0.25, 0.3) is 0 Å². The first-order valence-corrected chi connectivity index (χ1v) is 20.2. The van der Waals surface area contributed by atoms with E-state index in [0.29, 0.717) is 67.4 Å². The molecule has 0 spiro atoms. The Labute approximate surface area is 308 Å². The second-order valence-corrected chi connectivity index (χ2v) is 17.7. The minimum absolute atomic E-state index is 0.109. The van der Waals surface area contributed by atoms with Crippen LogP contribution in [0.5, 0.6) is 5.75 Å². The van der Waals surface area contributed by atoms with Gasteiger partial charge in [0, 0.05) is 48.4 Å². The van der Waals surface area contributed by atoms with E-state index in [0.717, 1.165) is 22.3 Å². The zero-order valence-corrected chi connectivity index (χ0v) is 32.6. The van der Waals surface area contributed by atoms with Gasteiger partial charge in [-0.25, -0.2) is 13.2 Å². The van der Waals surface area contributed by atoms with Crippen LogP contribution in [0.1, 0.15) is 76.1 Å². The Hall–Kier alpha value is -3.11. The predicted molar refractivity (Wildman–Crippen MR) is 205 cm³/mol. The van der Waals surface area contributed by atoms with Crippen molar-refractivity contribution in [1.82, 2.24) is 14.7 Å². The van der Waals surface area contributed by atoms with Crippen molar-refractivity contribution in [3.05, 3.63) is 99.0 Å². The number of ether oxygens (including phenoxy) is 1. The molecule has 11 heteroatoms. The molecular formula is C39H50Cl2N4O4S. The fraction of sp³-hybridized carbons (Fsp3) is 0.487. The highest BCUT2D eigenvalue weighted by Crippen LogP contribution is 2.51. The van der Waals surface area contributed by atoms with Crippen LogP contribution in [0.3, 0.4) is 0 Å². The molecule has 2 heterocycles. The summed E-state index contributed by atoms with van der Waals surface area (Å²) in [7, 11) is -3.03. The number of nitrogens with zero attached hydrogens (tertiary/aromatic N) is 4. The first-order chi connectivity index (χ1) is 23.6. The Balaban J connectivity index is 1.64. The number of piperazine rings is 1. The molecule has 270 valence electrons. The summed E-state index contributed by atoms with van der Waals surface area (Å²) in [5, 5.41) is 1.25. The topological polar surface area (TPSA) is 82.5 Å². The van der Waals surface area contributed by atoms with Gasteiger partial charge in [-0.15, -0.1) is 0 Å². The molecule has 3 aromatic rings. The zero-order valence-electron chi connectivity index (χ0n) is 30.2. The average Bonchev–Trinajstić information content (AvgIpc) is 3.37. The Bertz CT molecular complexity index is 1800. The lowest BCUT2D eigenvalue weighted by Gasteiger charge is -2.48. The molecule has 0 unspecified atom stereocenters. The number of rotatable bonds is 10. The molecule has 50 heavy (non-hydrogen) atoms. The van der Waals surface area contributed by atoms with Gasteiger partial charge in [-0.05, 0) is 85.3 Å². The molecule has 2 aliphatic rings. The number of halogens is 2. The van der Waals surface area contributed by atoms with E-state index in [1.807, 2.05) is 71.3 Å². The number of urea groups is 1. The zero-order chi connectivity index (χ0) is 36.4. The number of aliphatic imine (C=N–C) groups is 1. The van der Waals surface area contributed by atoms with Gasteiger partial charge < -0.3 is 9.64 Å². The second kappa shape index (κ2) is 15.2. The van der Waals surface area contributed by atoms with Gasteiger partial charge in [-0.3, -0.25) is 14.8 Å². The van der Waals surface area contributed by atoms with Crippen molar-refractivity contribution in [2.45, 2.75) is 70.9 Å². The van der Waals surface area contributed by atoms with Gasteiger partial charge in [-0.2, -0.15) is 0 Å². The van der Waals surface area contributed by atoms with Crippen LogP contribution in [-0.4, -0.2) is 92.4 Å². The van der Waals surface area contributed by atoms with Crippen molar-refractivity contribution in [2.75, 3.05) is 51.3 Å². The number of amides is 2. The van der Waals surface area contributed by atoms with Crippen molar-refractivity contribution in [3.8, 4) is 5.75 Å². The number of amidine groups is 1. The standard InChI is InChI=1S/C39H50Cl2N4O4S/c1-8-49-35-26-31(38(4,5)6)14-19-34(35)36-42-28(3)39(30-12-17-33(41)18-13-30,27(2)29-10-15-32(40)16-11-29)45(36)37(46)44-23-21-43(22-24-44)20-9-25-50(7,47)48/h10-19,26-28H,8-9,20-25H2,1-7H3/t27-,28-,39+/m1/s1. The summed E-state index contributed by atoms with van der Waals surface area (Å²) in [6.45, 7) is 16.1. The number of carbonyl (C=O) groups is 1. The molecule has 0 N–H and O–H groups in total. The van der Waals surface area contributed by atoms with Crippen molar-refractivity contribution in [3.63, 3.8) is 0 Å². The molecular weight excluding hydrogens is 691 g/mol. The van der Waals surface area contributed by atoms with Gasteiger partial charge in [0.1, 0.15) is 27.0 Å². The lowest BCUT2D eigenvalue weighted by atomic mass is 9.70. The lowest BCUT2D eigenvalue weighted by Crippen LogP contribution is -2.61. The third-order valence-electron chi connectivity index (χ3n) is 10.1. The minimum Gasteiger partial charge on any atom is -0.493 e. The predicted octanol–water partition coefficient (Wildman–Crippen LogP) is 8.01. The fourth-order valence-electron chi connectivity index (χ4n) is 7.34. The van der Waals surface area contributed by atoms with Crippen molar-refractivity contribution >= 4 is 44.9 Å². The SMILES string of the molecule is CCOc1cc(C(C)(C)C)ccc1C1=N[C@H](C)[C@](c2ccc(Cl)cc2)([C@H](C)c2ccc(Cl)cc2)N1C(=O)N1CCN(CCCS(C)(=O)=O)CC1. The van der Waals surface area contributed by atoms with E-state index in [9.17, 15) is 8.42 Å². The van der Waals surface area contributed by atoms with Crippen LogP contribution in [0.4, 0.5) is 4.79 Å². The second-order valence-electron chi connectivity index (χ2n) is 14.6. The Kier molecular flexibility index (Phi) is 11.6. The monoisotopic (exact) mass is 740 g/mol. The summed E-state index contributed by atoms with van der Waals surface area (Å²) in [6, 6.07) is 21.3. The van der Waals surface area contributed by atoms with Crippen LogP contribution in [0.15, 0.2) is 71.7 Å². The summed E-state index contributed by atoms with van der Waals surface area (Å²) in [5.74, 6) is 1.19. The van der Waals surface area contributed by atoms with Gasteiger partial charge in [-0.1, -0.05) is 81.2 Å². The third-order valence-corrected chi connectivity index (χ3v) is 11.6. The first-order valence-electron chi connectivity index (χ1n) is 17.4. The van der Waals surface area contributed by atoms with Gasteiger partial charge in [0.2, 0.25) is 0 Å². The molecule has 0 saturated carbocycles. The van der Waals surface area contributed by atoms with Crippen LogP contribution in [0, 0.1) is 0 Å². The molecule has 0 aliphatic carbocycles. The molecule has 0 bridgehead atoms. The highest BCUT2D eigenvalue weighted by Gasteiger charge is 2.57. The largest absolute Gasteiger partial charge is 0.493 e. The van der Waals surface area contributed by atoms with Crippen molar-refractivity contribution in [1.29, 1.82) is 0 Å². The molecule has 0 radical (unpaired) electrons.